The Morgan fingerprint density at radius 2 is 1.57 bits per heavy atom. The van der Waals surface area contributed by atoms with Gasteiger partial charge in [0.1, 0.15) is 11.5 Å². The number of carbonyl (C=O) groups is 2. The van der Waals surface area contributed by atoms with Crippen molar-refractivity contribution >= 4 is 63.6 Å². The lowest BCUT2D eigenvalue weighted by Crippen LogP contribution is -2.29. The highest BCUT2D eigenvalue weighted by molar-refractivity contribution is 6.52. The topological polar surface area (TPSA) is 70.1 Å². The Bertz CT molecular complexity index is 1370. The molecule has 1 unspecified atom stereocenters. The summed E-state index contributed by atoms with van der Waals surface area (Å²) in [7, 11) is 1.39. The van der Waals surface area contributed by atoms with E-state index in [-0.39, 0.29) is 26.9 Å². The number of halogens is 3. The van der Waals surface area contributed by atoms with Gasteiger partial charge in [0.15, 0.2) is 0 Å². The van der Waals surface area contributed by atoms with E-state index >= 15 is 0 Å². The molecule has 0 aliphatic carbocycles. The highest BCUT2D eigenvalue weighted by Gasteiger charge is 2.47. The second-order valence-corrected chi connectivity index (χ2v) is 9.66. The molecular formula is C28H25Cl3N2O4. The van der Waals surface area contributed by atoms with Crippen LogP contribution < -0.4 is 14.5 Å². The molecule has 37 heavy (non-hydrogen) atoms. The van der Waals surface area contributed by atoms with Gasteiger partial charge in [-0.2, -0.15) is 0 Å². The Hall–Kier alpha value is -3.19. The minimum absolute atomic E-state index is 0.104. The fourth-order valence-electron chi connectivity index (χ4n) is 4.56. The van der Waals surface area contributed by atoms with Crippen molar-refractivity contribution in [2.24, 2.45) is 0 Å². The van der Waals surface area contributed by atoms with Crippen molar-refractivity contribution < 1.29 is 19.4 Å². The van der Waals surface area contributed by atoms with Crippen molar-refractivity contribution in [2.75, 3.05) is 30.0 Å². The zero-order chi connectivity index (χ0) is 26.9. The average Bonchev–Trinajstić information content (AvgIpc) is 3.15. The molecule has 1 saturated heterocycles. The number of amides is 1. The van der Waals surface area contributed by atoms with Gasteiger partial charge in [0, 0.05) is 34.5 Å². The van der Waals surface area contributed by atoms with Gasteiger partial charge in [-0.3, -0.25) is 14.5 Å². The number of ether oxygens (including phenoxy) is 1. The molecule has 1 N–H and O–H groups in total. The number of hydrogen-bond donors (Lipinski definition) is 1. The lowest BCUT2D eigenvalue weighted by molar-refractivity contribution is -0.132. The zero-order valence-corrected chi connectivity index (χ0v) is 22.7. The maximum absolute atomic E-state index is 13.4. The number of Topliss-reactive ketones (excluding diaryl/α,β-unsaturated/α-hetero) is 1. The summed E-state index contributed by atoms with van der Waals surface area (Å²) in [5, 5.41) is 12.4. The van der Waals surface area contributed by atoms with Gasteiger partial charge in [-0.1, -0.05) is 46.9 Å². The van der Waals surface area contributed by atoms with Gasteiger partial charge in [-0.05, 0) is 67.9 Å². The van der Waals surface area contributed by atoms with E-state index in [4.69, 9.17) is 39.5 Å². The van der Waals surface area contributed by atoms with Crippen molar-refractivity contribution in [3.8, 4) is 5.75 Å². The van der Waals surface area contributed by atoms with Crippen LogP contribution in [0.25, 0.3) is 5.76 Å². The largest absolute Gasteiger partial charge is 0.507 e. The van der Waals surface area contributed by atoms with E-state index in [0.29, 0.717) is 16.3 Å². The number of hydrogen-bond acceptors (Lipinski definition) is 5. The summed E-state index contributed by atoms with van der Waals surface area (Å²) in [6.45, 7) is 5.79. The Labute approximate surface area is 230 Å². The summed E-state index contributed by atoms with van der Waals surface area (Å²) in [5.41, 5.74) is 2.10. The van der Waals surface area contributed by atoms with E-state index in [1.54, 1.807) is 24.3 Å². The number of benzene rings is 3. The molecule has 6 nitrogen and oxygen atoms in total. The van der Waals surface area contributed by atoms with Crippen molar-refractivity contribution in [2.45, 2.75) is 19.9 Å². The van der Waals surface area contributed by atoms with Gasteiger partial charge in [0.25, 0.3) is 11.7 Å². The number of rotatable bonds is 7. The molecule has 192 valence electrons. The van der Waals surface area contributed by atoms with Crippen molar-refractivity contribution in [3.05, 3.63) is 92.4 Å². The number of anilines is 2. The van der Waals surface area contributed by atoms with Crippen LogP contribution in [0, 0.1) is 0 Å². The van der Waals surface area contributed by atoms with E-state index in [1.165, 1.54) is 24.1 Å². The third kappa shape index (κ3) is 5.01. The third-order valence-corrected chi connectivity index (χ3v) is 7.11. The normalized spacial score (nSPS) is 16.8. The Balaban J connectivity index is 1.96. The molecule has 0 radical (unpaired) electrons. The first-order chi connectivity index (χ1) is 17.7. The Morgan fingerprint density at radius 3 is 2.14 bits per heavy atom. The summed E-state index contributed by atoms with van der Waals surface area (Å²) in [5.74, 6) is -1.93. The molecule has 0 bridgehead atoms. The summed E-state index contributed by atoms with van der Waals surface area (Å²) in [4.78, 5) is 30.4. The second-order valence-electron chi connectivity index (χ2n) is 8.38. The van der Waals surface area contributed by atoms with Gasteiger partial charge >= 0.3 is 0 Å². The van der Waals surface area contributed by atoms with E-state index in [0.717, 1.165) is 18.8 Å². The standard InChI is InChI=1S/C28H25Cl3N2O4/c1-4-32(5-2)19-10-6-16(7-11-19)24-23(25(34)21-14-18(30)15-22(31)27(21)37-3)26(35)28(36)33(24)20-12-8-17(29)9-13-20/h6-15,24,34H,4-5H2,1-3H3/b25-23+. The van der Waals surface area contributed by atoms with Crippen LogP contribution in [-0.2, 0) is 9.59 Å². The maximum atomic E-state index is 13.4. The smallest absolute Gasteiger partial charge is 0.300 e. The number of carbonyl (C=O) groups excluding carboxylic acids is 2. The minimum Gasteiger partial charge on any atom is -0.507 e. The lowest BCUT2D eigenvalue weighted by atomic mass is 9.94. The average molecular weight is 560 g/mol. The van der Waals surface area contributed by atoms with Gasteiger partial charge < -0.3 is 14.7 Å². The maximum Gasteiger partial charge on any atom is 0.300 e. The van der Waals surface area contributed by atoms with Crippen molar-refractivity contribution in [1.29, 1.82) is 0 Å². The molecule has 0 saturated carbocycles. The molecule has 1 fully saturated rings. The molecular weight excluding hydrogens is 535 g/mol. The molecule has 3 aromatic rings. The molecule has 9 heteroatoms. The van der Waals surface area contributed by atoms with Gasteiger partial charge in [0.05, 0.1) is 29.3 Å². The minimum atomic E-state index is -0.922. The molecule has 4 rings (SSSR count). The van der Waals surface area contributed by atoms with E-state index in [2.05, 4.69) is 18.7 Å². The quantitative estimate of drug-likeness (QED) is 0.189. The first-order valence-corrected chi connectivity index (χ1v) is 12.8. The van der Waals surface area contributed by atoms with Crippen LogP contribution in [0.15, 0.2) is 66.2 Å². The molecule has 1 aliphatic rings. The molecule has 1 amide bonds. The molecule has 0 aromatic heterocycles. The number of nitrogens with zero attached hydrogens (tertiary/aromatic N) is 2. The van der Waals surface area contributed by atoms with Gasteiger partial charge in [-0.25, -0.2) is 0 Å². The molecule has 3 aromatic carbocycles. The van der Waals surface area contributed by atoms with Crippen LogP contribution in [0.2, 0.25) is 15.1 Å². The predicted octanol–water partition coefficient (Wildman–Crippen LogP) is 7.13. The first-order valence-electron chi connectivity index (χ1n) is 11.7. The van der Waals surface area contributed by atoms with Crippen LogP contribution in [0.3, 0.4) is 0 Å². The summed E-state index contributed by atoms with van der Waals surface area (Å²) in [6.07, 6.45) is 0. The van der Waals surface area contributed by atoms with Crippen molar-refractivity contribution in [3.63, 3.8) is 0 Å². The van der Waals surface area contributed by atoms with Crippen LogP contribution in [-0.4, -0.2) is 37.0 Å². The summed E-state index contributed by atoms with van der Waals surface area (Å²) in [6, 6.07) is 16.1. The van der Waals surface area contributed by atoms with E-state index < -0.39 is 23.5 Å². The summed E-state index contributed by atoms with van der Waals surface area (Å²) < 4.78 is 5.39. The van der Waals surface area contributed by atoms with Crippen LogP contribution in [0.1, 0.15) is 31.0 Å². The number of methoxy groups -OCH3 is 1. The molecule has 1 atom stereocenters. The van der Waals surface area contributed by atoms with Crippen LogP contribution >= 0.6 is 34.8 Å². The van der Waals surface area contributed by atoms with E-state index in [9.17, 15) is 14.7 Å². The number of aliphatic hydroxyl groups is 1. The van der Waals surface area contributed by atoms with Crippen LogP contribution in [0.5, 0.6) is 5.75 Å². The molecule has 0 spiro atoms. The van der Waals surface area contributed by atoms with Gasteiger partial charge in [0.2, 0.25) is 0 Å². The number of ketones is 1. The zero-order valence-electron chi connectivity index (χ0n) is 20.5. The SMILES string of the molecule is CCN(CC)c1ccc(C2/C(=C(\O)c3cc(Cl)cc(Cl)c3OC)C(=O)C(=O)N2c2ccc(Cl)cc2)cc1. The van der Waals surface area contributed by atoms with E-state index in [1.807, 2.05) is 24.3 Å². The first kappa shape index (κ1) is 26.9. The third-order valence-electron chi connectivity index (χ3n) is 6.35. The monoisotopic (exact) mass is 558 g/mol. The highest BCUT2D eigenvalue weighted by Crippen LogP contribution is 2.45. The molecule has 1 heterocycles. The van der Waals surface area contributed by atoms with Crippen molar-refractivity contribution in [1.82, 2.24) is 0 Å². The number of aliphatic hydroxyl groups excluding tert-OH is 1. The Kier molecular flexibility index (Phi) is 8.02. The second kappa shape index (κ2) is 11.1. The fourth-order valence-corrected chi connectivity index (χ4v) is 5.26. The van der Waals surface area contributed by atoms with Gasteiger partial charge in [-0.15, -0.1) is 0 Å². The lowest BCUT2D eigenvalue weighted by Gasteiger charge is -2.27. The predicted molar refractivity (Wildman–Crippen MR) is 149 cm³/mol. The Morgan fingerprint density at radius 1 is 0.946 bits per heavy atom. The fraction of sp³-hybridized carbons (Fsp3) is 0.214. The van der Waals surface area contributed by atoms with Crippen LogP contribution in [0.4, 0.5) is 11.4 Å². The molecule has 1 aliphatic heterocycles. The highest BCUT2D eigenvalue weighted by atomic mass is 35.5. The summed E-state index contributed by atoms with van der Waals surface area (Å²) >= 11 is 18.6.